The minimum absolute atomic E-state index is 0. The van der Waals surface area contributed by atoms with E-state index >= 15 is 0 Å². The molecule has 0 aliphatic rings. The largest absolute Gasteiger partial charge is 0.491 e. The number of rotatable bonds is 8. The quantitative estimate of drug-likeness (QED) is 0.266. The van der Waals surface area contributed by atoms with E-state index in [1.54, 1.807) is 7.05 Å². The zero-order valence-electron chi connectivity index (χ0n) is 14.7. The van der Waals surface area contributed by atoms with Gasteiger partial charge in [0.25, 0.3) is 0 Å². The molecule has 2 aromatic carbocycles. The third-order valence-electron chi connectivity index (χ3n) is 3.45. The van der Waals surface area contributed by atoms with E-state index in [1.165, 1.54) is 0 Å². The first-order chi connectivity index (χ1) is 11.8. The normalized spacial score (nSPS) is 10.7. The Hall–Kier alpha value is -1.41. The lowest BCUT2D eigenvalue weighted by atomic mass is 10.1. The molecule has 0 unspecified atom stereocenters. The number of nitrogens with one attached hydrogen (secondary N) is 2. The minimum atomic E-state index is 0. The van der Waals surface area contributed by atoms with Gasteiger partial charge >= 0.3 is 0 Å². The second-order valence-corrected chi connectivity index (χ2v) is 6.11. The Labute approximate surface area is 171 Å². The summed E-state index contributed by atoms with van der Waals surface area (Å²) in [6.07, 6.45) is 2.09. The van der Waals surface area contributed by atoms with Crippen molar-refractivity contribution in [3.8, 4) is 16.9 Å². The molecule has 0 spiro atoms. The highest BCUT2D eigenvalue weighted by atomic mass is 127. The van der Waals surface area contributed by atoms with Crippen LogP contribution in [0.4, 0.5) is 0 Å². The number of guanidine groups is 1. The molecule has 0 atom stereocenters. The Morgan fingerprint density at radius 3 is 2.40 bits per heavy atom. The molecule has 0 saturated carbocycles. The fourth-order valence-corrected chi connectivity index (χ4v) is 2.58. The van der Waals surface area contributed by atoms with Crippen molar-refractivity contribution >= 4 is 41.7 Å². The molecule has 2 rings (SSSR count). The number of thioether (sulfide) groups is 1. The van der Waals surface area contributed by atoms with Gasteiger partial charge in [-0.3, -0.25) is 4.99 Å². The molecule has 0 amide bonds. The van der Waals surface area contributed by atoms with Crippen LogP contribution >= 0.6 is 35.7 Å². The summed E-state index contributed by atoms with van der Waals surface area (Å²) in [6.45, 7) is 2.17. The second kappa shape index (κ2) is 12.9. The van der Waals surface area contributed by atoms with Crippen molar-refractivity contribution < 1.29 is 4.74 Å². The lowest BCUT2D eigenvalue weighted by molar-refractivity contribution is 0.323. The summed E-state index contributed by atoms with van der Waals surface area (Å²) < 4.78 is 5.96. The van der Waals surface area contributed by atoms with Gasteiger partial charge in [-0.1, -0.05) is 48.5 Å². The molecule has 25 heavy (non-hydrogen) atoms. The molecule has 0 radical (unpaired) electrons. The Balaban J connectivity index is 0.00000312. The molecule has 4 nitrogen and oxygen atoms in total. The first-order valence-corrected chi connectivity index (χ1v) is 9.45. The standard InChI is InChI=1S/C19H25N3OS.HI/c1-20-19(22-13-15-24-2)21-12-14-23-18-11-7-6-10-17(18)16-8-4-3-5-9-16;/h3-11H,12-15H2,1-2H3,(H2,20,21,22);1H. The van der Waals surface area contributed by atoms with Crippen LogP contribution in [0.3, 0.4) is 0 Å². The van der Waals surface area contributed by atoms with Gasteiger partial charge in [0, 0.05) is 24.9 Å². The summed E-state index contributed by atoms with van der Waals surface area (Å²) >= 11 is 1.81. The topological polar surface area (TPSA) is 45.7 Å². The Bertz CT molecular complexity index is 638. The van der Waals surface area contributed by atoms with Gasteiger partial charge in [0.05, 0.1) is 6.54 Å². The minimum Gasteiger partial charge on any atom is -0.491 e. The first kappa shape index (κ1) is 21.6. The molecule has 0 aliphatic carbocycles. The van der Waals surface area contributed by atoms with Crippen LogP contribution in [0, 0.1) is 0 Å². The average molecular weight is 471 g/mol. The molecule has 2 aromatic rings. The number of aliphatic imine (C=N–C) groups is 1. The van der Waals surface area contributed by atoms with E-state index in [0.717, 1.165) is 35.1 Å². The predicted molar refractivity (Wildman–Crippen MR) is 121 cm³/mol. The van der Waals surface area contributed by atoms with Crippen LogP contribution < -0.4 is 15.4 Å². The Morgan fingerprint density at radius 2 is 1.68 bits per heavy atom. The number of nitrogens with zero attached hydrogens (tertiary/aromatic N) is 1. The SMILES string of the molecule is CN=C(NCCOc1ccccc1-c1ccccc1)NCCSC.I. The van der Waals surface area contributed by atoms with Crippen molar-refractivity contribution in [1.29, 1.82) is 0 Å². The monoisotopic (exact) mass is 471 g/mol. The zero-order chi connectivity index (χ0) is 17.0. The van der Waals surface area contributed by atoms with E-state index in [4.69, 9.17) is 4.74 Å². The molecule has 0 aromatic heterocycles. The number of ether oxygens (including phenoxy) is 1. The van der Waals surface area contributed by atoms with E-state index in [1.807, 2.05) is 48.2 Å². The van der Waals surface area contributed by atoms with Gasteiger partial charge in [-0.05, 0) is 17.9 Å². The van der Waals surface area contributed by atoms with Crippen molar-refractivity contribution in [2.45, 2.75) is 0 Å². The Kier molecular flexibility index (Phi) is 11.1. The molecule has 2 N–H and O–H groups in total. The summed E-state index contributed by atoms with van der Waals surface area (Å²) in [5.74, 6) is 2.77. The molecular weight excluding hydrogens is 445 g/mol. The maximum Gasteiger partial charge on any atom is 0.191 e. The number of halogens is 1. The molecule has 0 fully saturated rings. The van der Waals surface area contributed by atoms with E-state index < -0.39 is 0 Å². The van der Waals surface area contributed by atoms with Crippen molar-refractivity contribution in [2.24, 2.45) is 4.99 Å². The number of para-hydroxylation sites is 1. The first-order valence-electron chi connectivity index (χ1n) is 8.06. The third-order valence-corrected chi connectivity index (χ3v) is 4.06. The lowest BCUT2D eigenvalue weighted by Gasteiger charge is -2.14. The van der Waals surface area contributed by atoms with Crippen LogP contribution in [0.25, 0.3) is 11.1 Å². The smallest absolute Gasteiger partial charge is 0.191 e. The van der Waals surface area contributed by atoms with E-state index in [-0.39, 0.29) is 24.0 Å². The van der Waals surface area contributed by atoms with Crippen LogP contribution in [0.15, 0.2) is 59.6 Å². The number of benzene rings is 2. The van der Waals surface area contributed by atoms with E-state index in [2.05, 4.69) is 40.1 Å². The molecule has 0 aliphatic heterocycles. The van der Waals surface area contributed by atoms with Crippen LogP contribution in [0.5, 0.6) is 5.75 Å². The molecular formula is C19H26IN3OS. The van der Waals surface area contributed by atoms with Gasteiger partial charge in [-0.25, -0.2) is 0 Å². The second-order valence-electron chi connectivity index (χ2n) is 5.13. The predicted octanol–water partition coefficient (Wildman–Crippen LogP) is 3.88. The van der Waals surface area contributed by atoms with Crippen LogP contribution in [0.1, 0.15) is 0 Å². The van der Waals surface area contributed by atoms with Crippen molar-refractivity contribution in [3.63, 3.8) is 0 Å². The highest BCUT2D eigenvalue weighted by molar-refractivity contribution is 14.0. The van der Waals surface area contributed by atoms with Crippen molar-refractivity contribution in [2.75, 3.05) is 38.8 Å². The molecule has 136 valence electrons. The molecule has 6 heteroatoms. The highest BCUT2D eigenvalue weighted by Gasteiger charge is 2.05. The maximum absolute atomic E-state index is 5.96. The van der Waals surface area contributed by atoms with Crippen LogP contribution in [-0.4, -0.2) is 44.7 Å². The van der Waals surface area contributed by atoms with Gasteiger partial charge < -0.3 is 15.4 Å². The van der Waals surface area contributed by atoms with Gasteiger partial charge in [0.2, 0.25) is 0 Å². The average Bonchev–Trinajstić information content (AvgIpc) is 2.65. The van der Waals surface area contributed by atoms with Crippen LogP contribution in [-0.2, 0) is 0 Å². The number of hydrogen-bond acceptors (Lipinski definition) is 3. The summed E-state index contributed by atoms with van der Waals surface area (Å²) in [6, 6.07) is 18.4. The molecule has 0 heterocycles. The maximum atomic E-state index is 5.96. The fourth-order valence-electron chi connectivity index (χ4n) is 2.27. The summed E-state index contributed by atoms with van der Waals surface area (Å²) in [7, 11) is 1.78. The molecule has 0 saturated heterocycles. The van der Waals surface area contributed by atoms with E-state index in [9.17, 15) is 0 Å². The van der Waals surface area contributed by atoms with Crippen molar-refractivity contribution in [1.82, 2.24) is 10.6 Å². The summed E-state index contributed by atoms with van der Waals surface area (Å²) in [5, 5.41) is 6.53. The lowest BCUT2D eigenvalue weighted by Crippen LogP contribution is -2.40. The fraction of sp³-hybridized carbons (Fsp3) is 0.316. The van der Waals surface area contributed by atoms with Crippen LogP contribution in [0.2, 0.25) is 0 Å². The van der Waals surface area contributed by atoms with Crippen molar-refractivity contribution in [3.05, 3.63) is 54.6 Å². The highest BCUT2D eigenvalue weighted by Crippen LogP contribution is 2.29. The third kappa shape index (κ3) is 7.56. The Morgan fingerprint density at radius 1 is 1.00 bits per heavy atom. The summed E-state index contributed by atoms with van der Waals surface area (Å²) in [4.78, 5) is 4.20. The van der Waals surface area contributed by atoms with Gasteiger partial charge in [-0.2, -0.15) is 11.8 Å². The van der Waals surface area contributed by atoms with E-state index in [0.29, 0.717) is 13.2 Å². The van der Waals surface area contributed by atoms with Gasteiger partial charge in [-0.15, -0.1) is 24.0 Å². The molecule has 0 bridgehead atoms. The van der Waals surface area contributed by atoms with Gasteiger partial charge in [0.15, 0.2) is 5.96 Å². The summed E-state index contributed by atoms with van der Waals surface area (Å²) in [5.41, 5.74) is 2.27. The number of hydrogen-bond donors (Lipinski definition) is 2. The van der Waals surface area contributed by atoms with Gasteiger partial charge in [0.1, 0.15) is 12.4 Å². The zero-order valence-corrected chi connectivity index (χ0v) is 17.8.